The van der Waals surface area contributed by atoms with Crippen LogP contribution in [0.15, 0.2) is 113 Å². The van der Waals surface area contributed by atoms with Crippen LogP contribution in [0.1, 0.15) is 27.3 Å². The smallest absolute Gasteiger partial charge is 0.374 e. The second kappa shape index (κ2) is 16.9. The van der Waals surface area contributed by atoms with Crippen LogP contribution >= 0.6 is 0 Å². The molecule has 0 amide bonds. The highest BCUT2D eigenvalue weighted by Crippen LogP contribution is 2.42. The summed E-state index contributed by atoms with van der Waals surface area (Å²) in [6.07, 6.45) is 0. The number of aromatic amines is 1. The zero-order valence-corrected chi connectivity index (χ0v) is 33.3. The van der Waals surface area contributed by atoms with Crippen LogP contribution in [0, 0.1) is 0 Å². The first kappa shape index (κ1) is 39.8. The number of imidazole rings is 1. The second-order valence-corrected chi connectivity index (χ2v) is 15.6. The van der Waals surface area contributed by atoms with Gasteiger partial charge in [-0.1, -0.05) is 54.6 Å². The lowest BCUT2D eigenvalue weighted by Crippen LogP contribution is -2.31. The van der Waals surface area contributed by atoms with E-state index in [0.29, 0.717) is 45.0 Å². The summed E-state index contributed by atoms with van der Waals surface area (Å²) < 4.78 is 77.1. The van der Waals surface area contributed by atoms with Crippen molar-refractivity contribution in [2.24, 2.45) is 0 Å². The first-order chi connectivity index (χ1) is 28.0. The molecule has 2 aromatic heterocycles. The molecule has 2 heterocycles. The van der Waals surface area contributed by atoms with Crippen molar-refractivity contribution >= 4 is 38.1 Å². The van der Waals surface area contributed by atoms with Gasteiger partial charge in [-0.3, -0.25) is 0 Å². The second-order valence-electron chi connectivity index (χ2n) is 12.8. The van der Waals surface area contributed by atoms with Crippen LogP contribution in [0.5, 0.6) is 17.2 Å². The number of para-hydroxylation sites is 1. The molecule has 0 bridgehead atoms. The van der Waals surface area contributed by atoms with Gasteiger partial charge in [0.2, 0.25) is 21.7 Å². The predicted octanol–water partition coefficient (Wildman–Crippen LogP) is 5.72. The molecule has 5 aromatic carbocycles. The minimum Gasteiger partial charge on any atom is -0.497 e. The molecule has 2 N–H and O–H groups in total. The number of ether oxygens (including phenoxy) is 4. The number of sulfonamides is 1. The fourth-order valence-electron chi connectivity index (χ4n) is 6.38. The van der Waals surface area contributed by atoms with Crippen LogP contribution < -0.4 is 14.2 Å². The Hall–Kier alpha value is -6.47. The number of hydrogen-bond acceptors (Lipinski definition) is 12. The van der Waals surface area contributed by atoms with E-state index in [4.69, 9.17) is 18.9 Å². The molecule has 0 radical (unpaired) electrons. The molecule has 0 saturated heterocycles. The van der Waals surface area contributed by atoms with Crippen molar-refractivity contribution in [2.75, 3.05) is 28.4 Å². The highest BCUT2D eigenvalue weighted by molar-refractivity contribution is 7.90. The zero-order valence-electron chi connectivity index (χ0n) is 31.6. The Balaban J connectivity index is 1.47. The Morgan fingerprint density at radius 3 is 1.88 bits per heavy atom. The molecule has 0 fully saturated rings. The summed E-state index contributed by atoms with van der Waals surface area (Å²) in [5, 5.41) is 13.2. The molecule has 0 aliphatic carbocycles. The third-order valence-corrected chi connectivity index (χ3v) is 12.0. The monoisotopic (exact) mass is 823 g/mol. The number of fused-ring (bicyclic) bond motifs is 1. The number of esters is 1. The van der Waals surface area contributed by atoms with Gasteiger partial charge in [0, 0.05) is 18.7 Å². The number of carbonyl (C=O) groups is 1. The molecule has 298 valence electrons. The number of tetrazole rings is 1. The fraction of sp³-hybridized carbons (Fsp3) is 0.175. The minimum atomic E-state index is -4.75. The Morgan fingerprint density at radius 2 is 1.34 bits per heavy atom. The first-order valence-electron chi connectivity index (χ1n) is 17.5. The summed E-state index contributed by atoms with van der Waals surface area (Å²) in [5.74, 6) is 0.861. The van der Waals surface area contributed by atoms with Crippen molar-refractivity contribution in [1.82, 2.24) is 34.5 Å². The van der Waals surface area contributed by atoms with Crippen molar-refractivity contribution in [3.63, 3.8) is 0 Å². The standard InChI is InChI=1S/C40H37N7O9S2/c1-53-28-14-8-25(9-15-28)22-46(23-26-10-16-29(54-2)17-11-26)58(51,52)37-34(57(49)50)21-20-31(32-6-5-7-33-36(32)42-39(41-33)40(48)56-4)35(37)38-43-45-47(44-38)24-27-12-18-30(55-3)19-13-27/h5-21H,22-24H2,1-4H3,(H,41,42)(H,49,50). The van der Waals surface area contributed by atoms with E-state index in [1.165, 1.54) is 42.6 Å². The molecular formula is C40H37N7O9S2. The topological polar surface area (TPSA) is 201 Å². The van der Waals surface area contributed by atoms with Crippen molar-refractivity contribution in [3.8, 4) is 39.8 Å². The molecule has 0 aliphatic rings. The lowest BCUT2D eigenvalue weighted by molar-refractivity contribution is 0.0588. The molecule has 0 aliphatic heterocycles. The van der Waals surface area contributed by atoms with E-state index >= 15 is 8.42 Å². The first-order valence-corrected chi connectivity index (χ1v) is 20.1. The van der Waals surface area contributed by atoms with Crippen LogP contribution in [-0.4, -0.2) is 86.1 Å². The van der Waals surface area contributed by atoms with Crippen LogP contribution in [0.3, 0.4) is 0 Å². The summed E-state index contributed by atoms with van der Waals surface area (Å²) in [7, 11) is 1.09. The number of nitrogens with zero attached hydrogens (tertiary/aromatic N) is 6. The molecule has 16 nitrogen and oxygen atoms in total. The van der Waals surface area contributed by atoms with Crippen LogP contribution in [0.4, 0.5) is 0 Å². The van der Waals surface area contributed by atoms with E-state index in [-0.39, 0.29) is 42.4 Å². The van der Waals surface area contributed by atoms with Gasteiger partial charge in [0.05, 0.1) is 56.5 Å². The third-order valence-electron chi connectivity index (χ3n) is 9.28. The number of H-pyrrole nitrogens is 1. The van der Waals surface area contributed by atoms with Crippen molar-refractivity contribution in [1.29, 1.82) is 0 Å². The number of hydrogen-bond donors (Lipinski definition) is 2. The lowest BCUT2D eigenvalue weighted by atomic mass is 9.98. The number of rotatable bonds is 15. The molecule has 7 aromatic rings. The minimum absolute atomic E-state index is 0.0823. The van der Waals surface area contributed by atoms with Crippen LogP contribution in [-0.2, 0) is 45.5 Å². The Labute approximate surface area is 335 Å². The molecule has 1 atom stereocenters. The van der Waals surface area contributed by atoms with Gasteiger partial charge in [-0.2, -0.15) is 9.10 Å². The van der Waals surface area contributed by atoms with Gasteiger partial charge in [-0.25, -0.2) is 22.4 Å². The summed E-state index contributed by atoms with van der Waals surface area (Å²) in [4.78, 5) is 20.4. The van der Waals surface area contributed by atoms with Crippen molar-refractivity contribution in [2.45, 2.75) is 29.4 Å². The van der Waals surface area contributed by atoms with Gasteiger partial charge in [0.25, 0.3) is 0 Å². The largest absolute Gasteiger partial charge is 0.497 e. The van der Waals surface area contributed by atoms with Gasteiger partial charge >= 0.3 is 5.97 Å². The van der Waals surface area contributed by atoms with E-state index in [1.807, 2.05) is 12.1 Å². The van der Waals surface area contributed by atoms with E-state index in [1.54, 1.807) is 86.0 Å². The number of aromatic nitrogens is 6. The average molecular weight is 824 g/mol. The Morgan fingerprint density at radius 1 is 0.776 bits per heavy atom. The Bertz CT molecular complexity index is 2670. The third kappa shape index (κ3) is 8.16. The summed E-state index contributed by atoms with van der Waals surface area (Å²) in [5.41, 5.74) is 3.26. The SMILES string of the molecule is COC(=O)c1nc2c(-c3ccc(S(=O)O)c(S(=O)(=O)N(Cc4ccc(OC)cc4)Cc4ccc(OC)cc4)c3-c3nnn(Cc4ccc(OC)cc4)n3)cccc2[nH]1. The number of benzene rings is 5. The van der Waals surface area contributed by atoms with E-state index in [2.05, 4.69) is 25.4 Å². The quantitative estimate of drug-likeness (QED) is 0.0941. The average Bonchev–Trinajstić information content (AvgIpc) is 3.91. The molecule has 18 heteroatoms. The van der Waals surface area contributed by atoms with Gasteiger partial charge < -0.3 is 28.5 Å². The maximum Gasteiger partial charge on any atom is 0.374 e. The van der Waals surface area contributed by atoms with E-state index in [9.17, 15) is 13.6 Å². The van der Waals surface area contributed by atoms with Gasteiger partial charge in [-0.05, 0) is 76.0 Å². The highest BCUT2D eigenvalue weighted by atomic mass is 32.2. The van der Waals surface area contributed by atoms with Crippen LogP contribution in [0.25, 0.3) is 33.5 Å². The summed E-state index contributed by atoms with van der Waals surface area (Å²) in [6.45, 7) is -0.137. The van der Waals surface area contributed by atoms with Gasteiger partial charge in [-0.15, -0.1) is 10.2 Å². The molecule has 7 rings (SSSR count). The molecule has 1 unspecified atom stereocenters. The van der Waals surface area contributed by atoms with E-state index in [0.717, 1.165) is 5.56 Å². The maximum atomic E-state index is 15.5. The molecule has 0 spiro atoms. The number of methoxy groups -OCH3 is 4. The highest BCUT2D eigenvalue weighted by Gasteiger charge is 2.36. The zero-order chi connectivity index (χ0) is 41.0. The predicted molar refractivity (Wildman–Crippen MR) is 213 cm³/mol. The maximum absolute atomic E-state index is 15.5. The van der Waals surface area contributed by atoms with Crippen LogP contribution in [0.2, 0.25) is 0 Å². The summed E-state index contributed by atoms with van der Waals surface area (Å²) in [6, 6.07) is 28.9. The lowest BCUT2D eigenvalue weighted by Gasteiger charge is -2.25. The van der Waals surface area contributed by atoms with E-state index < -0.39 is 36.9 Å². The van der Waals surface area contributed by atoms with Gasteiger partial charge in [0.15, 0.2) is 11.1 Å². The number of nitrogens with one attached hydrogen (secondary N) is 1. The van der Waals surface area contributed by atoms with Crippen molar-refractivity contribution in [3.05, 3.63) is 126 Å². The fourth-order valence-corrected chi connectivity index (χ4v) is 9.03. The Kier molecular flexibility index (Phi) is 11.6. The number of carbonyl (C=O) groups excluding carboxylic acids is 1. The normalized spacial score (nSPS) is 12.1. The molecule has 0 saturated carbocycles. The molecule has 58 heavy (non-hydrogen) atoms. The van der Waals surface area contributed by atoms with Gasteiger partial charge in [0.1, 0.15) is 22.1 Å². The molecular weight excluding hydrogens is 787 g/mol. The summed E-state index contributed by atoms with van der Waals surface area (Å²) >= 11 is -2.83. The van der Waals surface area contributed by atoms with Crippen molar-refractivity contribution < 1.29 is 40.9 Å².